The molecule has 1 unspecified atom stereocenters. The molecule has 1 atom stereocenters. The fourth-order valence-electron chi connectivity index (χ4n) is 3.06. The molecule has 6 heteroatoms. The summed E-state index contributed by atoms with van der Waals surface area (Å²) < 4.78 is 0. The first-order valence-corrected chi connectivity index (χ1v) is 8.35. The number of nitriles is 1. The van der Waals surface area contributed by atoms with Crippen molar-refractivity contribution in [3.8, 4) is 6.07 Å². The van der Waals surface area contributed by atoms with E-state index in [-0.39, 0.29) is 6.29 Å². The van der Waals surface area contributed by atoms with Gasteiger partial charge >= 0.3 is 0 Å². The Labute approximate surface area is 148 Å². The smallest absolute Gasteiger partial charge is 0.149 e. The van der Waals surface area contributed by atoms with Crippen molar-refractivity contribution < 1.29 is 0 Å². The van der Waals surface area contributed by atoms with E-state index in [9.17, 15) is 0 Å². The number of rotatable bonds is 4. The van der Waals surface area contributed by atoms with E-state index in [1.54, 1.807) is 17.1 Å². The summed E-state index contributed by atoms with van der Waals surface area (Å²) in [5, 5.41) is 17.4. The standard InChI is InChI=1S/C19H24N6/c1-14-4-3-5-15(2)18(14)11-24-12-22-19(25(21)13-24)23-17-8-6-16(10-20)7-9-17/h3-9,19,22-23H,11-13,21H2,1-2H3. The number of nitrogens with zero attached hydrogens (tertiary/aromatic N) is 3. The van der Waals surface area contributed by atoms with Gasteiger partial charge in [-0.25, -0.2) is 0 Å². The molecule has 0 aromatic heterocycles. The SMILES string of the molecule is Cc1cccc(C)c1CN1CNC(Nc2ccc(C#N)cc2)N(N)C1. The van der Waals surface area contributed by atoms with Crippen molar-refractivity contribution >= 4 is 5.69 Å². The number of nitrogens with one attached hydrogen (secondary N) is 2. The van der Waals surface area contributed by atoms with Crippen LogP contribution in [0.3, 0.4) is 0 Å². The van der Waals surface area contributed by atoms with Crippen molar-refractivity contribution in [3.05, 3.63) is 64.7 Å². The first-order valence-electron chi connectivity index (χ1n) is 8.35. The minimum Gasteiger partial charge on any atom is -0.356 e. The zero-order chi connectivity index (χ0) is 17.8. The molecule has 25 heavy (non-hydrogen) atoms. The number of anilines is 1. The van der Waals surface area contributed by atoms with E-state index in [2.05, 4.69) is 53.6 Å². The van der Waals surface area contributed by atoms with Crippen LogP contribution in [0.1, 0.15) is 22.3 Å². The van der Waals surface area contributed by atoms with E-state index in [1.807, 2.05) is 12.1 Å². The van der Waals surface area contributed by atoms with Crippen LogP contribution >= 0.6 is 0 Å². The number of aryl methyl sites for hydroxylation is 2. The molecule has 3 rings (SSSR count). The van der Waals surface area contributed by atoms with E-state index in [1.165, 1.54) is 16.7 Å². The molecule has 0 bridgehead atoms. The molecule has 0 spiro atoms. The van der Waals surface area contributed by atoms with Crippen molar-refractivity contribution in [2.75, 3.05) is 18.7 Å². The van der Waals surface area contributed by atoms with Gasteiger partial charge in [-0.3, -0.25) is 16.1 Å². The summed E-state index contributed by atoms with van der Waals surface area (Å²) >= 11 is 0. The molecule has 1 fully saturated rings. The van der Waals surface area contributed by atoms with Crippen LogP contribution in [0.5, 0.6) is 0 Å². The van der Waals surface area contributed by atoms with Gasteiger partial charge in [-0.15, -0.1) is 0 Å². The van der Waals surface area contributed by atoms with E-state index in [0.717, 1.165) is 18.9 Å². The van der Waals surface area contributed by atoms with E-state index >= 15 is 0 Å². The van der Waals surface area contributed by atoms with Crippen LogP contribution in [-0.4, -0.2) is 29.5 Å². The van der Waals surface area contributed by atoms with Crippen molar-refractivity contribution in [2.45, 2.75) is 26.7 Å². The lowest BCUT2D eigenvalue weighted by molar-refractivity contribution is 0.0217. The molecule has 4 N–H and O–H groups in total. The van der Waals surface area contributed by atoms with Gasteiger partial charge in [0.05, 0.1) is 25.0 Å². The quantitative estimate of drug-likeness (QED) is 0.742. The Morgan fingerprint density at radius 2 is 1.88 bits per heavy atom. The van der Waals surface area contributed by atoms with Crippen LogP contribution < -0.4 is 16.5 Å². The Morgan fingerprint density at radius 3 is 2.48 bits per heavy atom. The van der Waals surface area contributed by atoms with Crippen LogP contribution in [0, 0.1) is 25.2 Å². The lowest BCUT2D eigenvalue weighted by Crippen LogP contribution is -2.64. The number of hydrogen-bond acceptors (Lipinski definition) is 6. The van der Waals surface area contributed by atoms with Gasteiger partial charge in [0.2, 0.25) is 0 Å². The van der Waals surface area contributed by atoms with Gasteiger partial charge in [-0.05, 0) is 54.8 Å². The molecular formula is C19H24N6. The summed E-state index contributed by atoms with van der Waals surface area (Å²) in [6, 6.07) is 15.9. The molecule has 6 nitrogen and oxygen atoms in total. The van der Waals surface area contributed by atoms with Crippen LogP contribution in [0.4, 0.5) is 5.69 Å². The highest BCUT2D eigenvalue weighted by molar-refractivity contribution is 5.47. The molecule has 0 saturated carbocycles. The minimum atomic E-state index is -0.151. The molecule has 1 aliphatic rings. The second-order valence-corrected chi connectivity index (χ2v) is 6.45. The highest BCUT2D eigenvalue weighted by Crippen LogP contribution is 2.17. The second-order valence-electron chi connectivity index (χ2n) is 6.45. The summed E-state index contributed by atoms with van der Waals surface area (Å²) in [6.45, 7) is 6.57. The van der Waals surface area contributed by atoms with Crippen molar-refractivity contribution in [2.24, 2.45) is 5.84 Å². The maximum Gasteiger partial charge on any atom is 0.149 e. The van der Waals surface area contributed by atoms with E-state index in [4.69, 9.17) is 11.1 Å². The Bertz CT molecular complexity index is 744. The predicted molar refractivity (Wildman–Crippen MR) is 98.9 cm³/mol. The molecule has 1 saturated heterocycles. The third-order valence-corrected chi connectivity index (χ3v) is 4.55. The first kappa shape index (κ1) is 17.4. The number of nitrogens with two attached hydrogens (primary N) is 1. The average molecular weight is 336 g/mol. The number of hydrazine groups is 1. The van der Waals surface area contributed by atoms with E-state index in [0.29, 0.717) is 12.2 Å². The van der Waals surface area contributed by atoms with Crippen LogP contribution in [-0.2, 0) is 6.54 Å². The average Bonchev–Trinajstić information content (AvgIpc) is 2.61. The van der Waals surface area contributed by atoms with Gasteiger partial charge in [0.1, 0.15) is 6.29 Å². The van der Waals surface area contributed by atoms with Gasteiger partial charge in [0.25, 0.3) is 0 Å². The van der Waals surface area contributed by atoms with Crippen molar-refractivity contribution in [1.29, 1.82) is 5.26 Å². The highest BCUT2D eigenvalue weighted by Gasteiger charge is 2.24. The summed E-state index contributed by atoms with van der Waals surface area (Å²) in [5.74, 6) is 6.22. The Kier molecular flexibility index (Phi) is 5.31. The topological polar surface area (TPSA) is 80.3 Å². The molecule has 130 valence electrons. The van der Waals surface area contributed by atoms with Gasteiger partial charge in [-0.2, -0.15) is 10.3 Å². The third kappa shape index (κ3) is 4.16. The molecule has 1 heterocycles. The third-order valence-electron chi connectivity index (χ3n) is 4.55. The van der Waals surface area contributed by atoms with Gasteiger partial charge in [0.15, 0.2) is 0 Å². The summed E-state index contributed by atoms with van der Waals surface area (Å²) in [6.07, 6.45) is -0.151. The molecule has 0 amide bonds. The zero-order valence-corrected chi connectivity index (χ0v) is 14.7. The van der Waals surface area contributed by atoms with Crippen molar-refractivity contribution in [3.63, 3.8) is 0 Å². The van der Waals surface area contributed by atoms with E-state index < -0.39 is 0 Å². The lowest BCUT2D eigenvalue weighted by atomic mass is 10.0. The second kappa shape index (κ2) is 7.64. The van der Waals surface area contributed by atoms with Crippen molar-refractivity contribution in [1.82, 2.24) is 15.2 Å². The Hall–Kier alpha value is -2.43. The fraction of sp³-hybridized carbons (Fsp3) is 0.316. The summed E-state index contributed by atoms with van der Waals surface area (Å²) in [7, 11) is 0. The maximum atomic E-state index is 8.86. The van der Waals surface area contributed by atoms with Crippen LogP contribution in [0.25, 0.3) is 0 Å². The van der Waals surface area contributed by atoms with Gasteiger partial charge in [-0.1, -0.05) is 18.2 Å². The molecular weight excluding hydrogens is 312 g/mol. The monoisotopic (exact) mass is 336 g/mol. The molecule has 2 aromatic rings. The Balaban J connectivity index is 1.59. The van der Waals surface area contributed by atoms with Gasteiger partial charge in [0, 0.05) is 12.2 Å². The first-order chi connectivity index (χ1) is 12.1. The largest absolute Gasteiger partial charge is 0.356 e. The predicted octanol–water partition coefficient (Wildman–Crippen LogP) is 2.07. The summed E-state index contributed by atoms with van der Waals surface area (Å²) in [5.41, 5.74) is 5.54. The number of hydrogen-bond donors (Lipinski definition) is 3. The normalized spacial score (nSPS) is 18.7. The maximum absolute atomic E-state index is 8.86. The van der Waals surface area contributed by atoms with Gasteiger partial charge < -0.3 is 5.32 Å². The molecule has 0 aliphatic carbocycles. The summed E-state index contributed by atoms with van der Waals surface area (Å²) in [4.78, 5) is 2.27. The zero-order valence-electron chi connectivity index (χ0n) is 14.7. The molecule has 1 aliphatic heterocycles. The van der Waals surface area contributed by atoms with Crippen LogP contribution in [0.15, 0.2) is 42.5 Å². The fourth-order valence-corrected chi connectivity index (χ4v) is 3.06. The lowest BCUT2D eigenvalue weighted by Gasteiger charge is -2.40. The van der Waals surface area contributed by atoms with Crippen LogP contribution in [0.2, 0.25) is 0 Å². The highest BCUT2D eigenvalue weighted by atomic mass is 15.6. The molecule has 2 aromatic carbocycles. The Morgan fingerprint density at radius 1 is 1.20 bits per heavy atom. The molecule has 0 radical (unpaired) electrons. The minimum absolute atomic E-state index is 0.151. The number of benzene rings is 2.